The van der Waals surface area contributed by atoms with Gasteiger partial charge in [0.05, 0.1) is 30.3 Å². The zero-order valence-corrected chi connectivity index (χ0v) is 15.0. The van der Waals surface area contributed by atoms with Gasteiger partial charge in [-0.2, -0.15) is 4.72 Å². The molecule has 1 saturated heterocycles. The second kappa shape index (κ2) is 7.96. The molecule has 0 unspecified atom stereocenters. The average Bonchev–Trinajstić information content (AvgIpc) is 2.54. The number of carbonyl (C=O) groups excluding carboxylic acids is 1. The summed E-state index contributed by atoms with van der Waals surface area (Å²) in [7, 11) is -3.77. The van der Waals surface area contributed by atoms with E-state index in [4.69, 9.17) is 9.47 Å². The number of carbonyl (C=O) groups is 1. The first-order valence-electron chi connectivity index (χ1n) is 7.95. The highest BCUT2D eigenvalue weighted by Crippen LogP contribution is 2.17. The van der Waals surface area contributed by atoms with Gasteiger partial charge in [0.1, 0.15) is 5.75 Å². The fourth-order valence-electron chi connectivity index (χ4n) is 2.38. The lowest BCUT2D eigenvalue weighted by Gasteiger charge is -2.29. The number of hydrogen-bond donors (Lipinski definition) is 1. The Morgan fingerprint density at radius 1 is 1.17 bits per heavy atom. The molecule has 0 bridgehead atoms. The van der Waals surface area contributed by atoms with Crippen LogP contribution in [0, 0.1) is 0 Å². The summed E-state index contributed by atoms with van der Waals surface area (Å²) in [5.74, 6) is 0.350. The zero-order valence-electron chi connectivity index (χ0n) is 14.2. The van der Waals surface area contributed by atoms with E-state index in [2.05, 4.69) is 4.72 Å². The van der Waals surface area contributed by atoms with Gasteiger partial charge in [0.2, 0.25) is 15.9 Å². The first kappa shape index (κ1) is 18.7. The van der Waals surface area contributed by atoms with E-state index < -0.39 is 16.1 Å². The minimum Gasteiger partial charge on any atom is -0.491 e. The van der Waals surface area contributed by atoms with E-state index in [1.165, 1.54) is 12.1 Å². The van der Waals surface area contributed by atoms with E-state index in [-0.39, 0.29) is 16.9 Å². The molecule has 1 atom stereocenters. The van der Waals surface area contributed by atoms with Crippen molar-refractivity contribution in [2.24, 2.45) is 0 Å². The van der Waals surface area contributed by atoms with Crippen LogP contribution >= 0.6 is 0 Å². The standard InChI is InChI=1S/C16H24N2O5S/c1-12(2)23-14-4-6-15(7-5-14)24(20,21)17-13(3)16(19)18-8-10-22-11-9-18/h4-7,12-13,17H,8-11H2,1-3H3/t13-/m0/s1. The fraction of sp³-hybridized carbons (Fsp3) is 0.562. The number of ether oxygens (including phenoxy) is 2. The summed E-state index contributed by atoms with van der Waals surface area (Å²) in [6, 6.07) is 5.30. The molecule has 1 aliphatic rings. The van der Waals surface area contributed by atoms with E-state index in [9.17, 15) is 13.2 Å². The molecule has 1 heterocycles. The van der Waals surface area contributed by atoms with Gasteiger partial charge in [-0.3, -0.25) is 4.79 Å². The van der Waals surface area contributed by atoms with Crippen LogP contribution in [-0.2, 0) is 19.6 Å². The van der Waals surface area contributed by atoms with Crippen molar-refractivity contribution >= 4 is 15.9 Å². The molecule has 0 aromatic heterocycles. The molecule has 134 valence electrons. The highest BCUT2D eigenvalue weighted by molar-refractivity contribution is 7.89. The summed E-state index contributed by atoms with van der Waals surface area (Å²) < 4.78 is 37.9. The normalized spacial score (nSPS) is 16.9. The van der Waals surface area contributed by atoms with Crippen LogP contribution in [0.1, 0.15) is 20.8 Å². The highest BCUT2D eigenvalue weighted by atomic mass is 32.2. The Hall–Kier alpha value is -1.64. The zero-order chi connectivity index (χ0) is 17.7. The molecule has 1 amide bonds. The maximum absolute atomic E-state index is 12.4. The maximum Gasteiger partial charge on any atom is 0.241 e. The van der Waals surface area contributed by atoms with Crippen molar-refractivity contribution in [2.45, 2.75) is 37.8 Å². The molecule has 1 aromatic carbocycles. The molecule has 1 aromatic rings. The Bertz CT molecular complexity index is 652. The molecule has 24 heavy (non-hydrogen) atoms. The van der Waals surface area contributed by atoms with Gasteiger partial charge >= 0.3 is 0 Å². The first-order chi connectivity index (χ1) is 11.3. The van der Waals surface area contributed by atoms with Gasteiger partial charge < -0.3 is 14.4 Å². The topological polar surface area (TPSA) is 84.9 Å². The smallest absolute Gasteiger partial charge is 0.241 e. The number of sulfonamides is 1. The lowest BCUT2D eigenvalue weighted by molar-refractivity contribution is -0.136. The lowest BCUT2D eigenvalue weighted by atomic mass is 10.3. The van der Waals surface area contributed by atoms with E-state index in [0.29, 0.717) is 32.1 Å². The molecule has 2 rings (SSSR count). The van der Waals surface area contributed by atoms with Gasteiger partial charge in [-0.15, -0.1) is 0 Å². The van der Waals surface area contributed by atoms with Crippen molar-refractivity contribution in [1.82, 2.24) is 9.62 Å². The molecule has 1 N–H and O–H groups in total. The molecular weight excluding hydrogens is 332 g/mol. The molecule has 0 saturated carbocycles. The minimum absolute atomic E-state index is 0.0109. The largest absolute Gasteiger partial charge is 0.491 e. The van der Waals surface area contributed by atoms with Crippen molar-refractivity contribution < 1.29 is 22.7 Å². The number of rotatable bonds is 6. The van der Waals surface area contributed by atoms with Crippen molar-refractivity contribution in [2.75, 3.05) is 26.3 Å². The van der Waals surface area contributed by atoms with Gasteiger partial charge in [0, 0.05) is 13.1 Å². The summed E-state index contributed by atoms with van der Waals surface area (Å²) in [5.41, 5.74) is 0. The minimum atomic E-state index is -3.77. The third-order valence-corrected chi connectivity index (χ3v) is 5.09. The van der Waals surface area contributed by atoms with Gasteiger partial charge in [-0.25, -0.2) is 8.42 Å². The third kappa shape index (κ3) is 4.93. The van der Waals surface area contributed by atoms with E-state index in [1.54, 1.807) is 24.0 Å². The fourth-order valence-corrected chi connectivity index (χ4v) is 3.58. The Morgan fingerprint density at radius 3 is 2.29 bits per heavy atom. The number of morpholine rings is 1. The number of amides is 1. The van der Waals surface area contributed by atoms with E-state index in [1.807, 2.05) is 13.8 Å². The van der Waals surface area contributed by atoms with E-state index in [0.717, 1.165) is 0 Å². The van der Waals surface area contributed by atoms with Crippen LogP contribution in [0.25, 0.3) is 0 Å². The summed E-state index contributed by atoms with van der Waals surface area (Å²) >= 11 is 0. The quantitative estimate of drug-likeness (QED) is 0.822. The van der Waals surface area contributed by atoms with E-state index >= 15 is 0 Å². The van der Waals surface area contributed by atoms with Crippen molar-refractivity contribution in [3.8, 4) is 5.75 Å². The number of hydrogen-bond acceptors (Lipinski definition) is 5. The Labute approximate surface area is 143 Å². The summed E-state index contributed by atoms with van der Waals surface area (Å²) in [6.45, 7) is 7.24. The van der Waals surface area contributed by atoms with Gasteiger partial charge in [-0.05, 0) is 45.0 Å². The third-order valence-electron chi connectivity index (χ3n) is 3.53. The Kier molecular flexibility index (Phi) is 6.20. The molecule has 0 spiro atoms. The van der Waals surface area contributed by atoms with Crippen molar-refractivity contribution in [3.05, 3.63) is 24.3 Å². The summed E-state index contributed by atoms with van der Waals surface area (Å²) in [6.07, 6.45) is 0.0109. The van der Waals surface area contributed by atoms with Crippen molar-refractivity contribution in [3.63, 3.8) is 0 Å². The molecule has 1 aliphatic heterocycles. The Morgan fingerprint density at radius 2 is 1.75 bits per heavy atom. The average molecular weight is 356 g/mol. The maximum atomic E-state index is 12.4. The van der Waals surface area contributed by atoms with Crippen LogP contribution in [0.5, 0.6) is 5.75 Å². The van der Waals surface area contributed by atoms with Crippen molar-refractivity contribution in [1.29, 1.82) is 0 Å². The van der Waals surface area contributed by atoms with Gasteiger partial charge in [0.25, 0.3) is 0 Å². The lowest BCUT2D eigenvalue weighted by Crippen LogP contribution is -2.50. The molecule has 0 aliphatic carbocycles. The van der Waals surface area contributed by atoms with Crippen LogP contribution < -0.4 is 9.46 Å². The first-order valence-corrected chi connectivity index (χ1v) is 9.43. The van der Waals surface area contributed by atoms with Gasteiger partial charge in [0.15, 0.2) is 0 Å². The molecule has 7 nitrogen and oxygen atoms in total. The van der Waals surface area contributed by atoms with Crippen LogP contribution in [0.3, 0.4) is 0 Å². The van der Waals surface area contributed by atoms with Crippen LogP contribution in [0.2, 0.25) is 0 Å². The number of nitrogens with zero attached hydrogens (tertiary/aromatic N) is 1. The Balaban J connectivity index is 2.02. The van der Waals surface area contributed by atoms with Gasteiger partial charge in [-0.1, -0.05) is 0 Å². The molecule has 0 radical (unpaired) electrons. The van der Waals surface area contributed by atoms with Crippen LogP contribution in [0.15, 0.2) is 29.2 Å². The summed E-state index contributed by atoms with van der Waals surface area (Å²) in [4.78, 5) is 14.0. The highest BCUT2D eigenvalue weighted by Gasteiger charge is 2.26. The second-order valence-corrected chi connectivity index (χ2v) is 7.63. The summed E-state index contributed by atoms with van der Waals surface area (Å²) in [5, 5.41) is 0. The predicted octanol–water partition coefficient (Wildman–Crippen LogP) is 0.999. The molecule has 1 fully saturated rings. The van der Waals surface area contributed by atoms with Crippen LogP contribution in [-0.4, -0.2) is 57.7 Å². The monoisotopic (exact) mass is 356 g/mol. The molecular formula is C16H24N2O5S. The number of nitrogens with one attached hydrogen (secondary N) is 1. The number of benzene rings is 1. The second-order valence-electron chi connectivity index (χ2n) is 5.92. The van der Waals surface area contributed by atoms with Crippen LogP contribution in [0.4, 0.5) is 0 Å². The SMILES string of the molecule is CC(C)Oc1ccc(S(=O)(=O)N[C@@H](C)C(=O)N2CCOCC2)cc1. The molecule has 8 heteroatoms. The predicted molar refractivity (Wildman–Crippen MR) is 89.4 cm³/mol.